The third-order valence-electron chi connectivity index (χ3n) is 3.48. The molecule has 2 aliphatic rings. The number of hydrogen-bond donors (Lipinski definition) is 1. The zero-order valence-corrected chi connectivity index (χ0v) is 9.04. The summed E-state index contributed by atoms with van der Waals surface area (Å²) in [7, 11) is 0. The zero-order valence-electron chi connectivity index (χ0n) is 9.04. The van der Waals surface area contributed by atoms with Gasteiger partial charge in [0.1, 0.15) is 5.76 Å². The quantitative estimate of drug-likeness (QED) is 0.822. The van der Waals surface area contributed by atoms with E-state index in [4.69, 9.17) is 4.52 Å². The summed E-state index contributed by atoms with van der Waals surface area (Å²) in [5.41, 5.74) is 1.07. The second-order valence-corrected chi connectivity index (χ2v) is 4.86. The second-order valence-electron chi connectivity index (χ2n) is 4.86. The lowest BCUT2D eigenvalue weighted by molar-refractivity contribution is 0.374. The minimum atomic E-state index is 0.678. The first-order valence-corrected chi connectivity index (χ1v) is 6.11. The second kappa shape index (κ2) is 3.97. The van der Waals surface area contributed by atoms with E-state index in [-0.39, 0.29) is 0 Å². The highest BCUT2D eigenvalue weighted by Crippen LogP contribution is 2.40. The zero-order chi connectivity index (χ0) is 10.1. The van der Waals surface area contributed by atoms with Gasteiger partial charge in [0, 0.05) is 24.6 Å². The van der Waals surface area contributed by atoms with Crippen LogP contribution in [0, 0.1) is 0 Å². The first-order valence-electron chi connectivity index (χ1n) is 6.11. The van der Waals surface area contributed by atoms with Crippen LogP contribution in [0.4, 0.5) is 0 Å². The van der Waals surface area contributed by atoms with Gasteiger partial charge in [0.25, 0.3) is 0 Å². The van der Waals surface area contributed by atoms with Gasteiger partial charge in [0.2, 0.25) is 0 Å². The van der Waals surface area contributed by atoms with Gasteiger partial charge in [-0.25, -0.2) is 0 Å². The molecule has 2 saturated carbocycles. The largest absolute Gasteiger partial charge is 0.361 e. The highest BCUT2D eigenvalue weighted by Gasteiger charge is 2.27. The van der Waals surface area contributed by atoms with Crippen LogP contribution in [0.5, 0.6) is 0 Å². The van der Waals surface area contributed by atoms with E-state index in [1.165, 1.54) is 38.5 Å². The van der Waals surface area contributed by atoms with E-state index >= 15 is 0 Å². The third-order valence-corrected chi connectivity index (χ3v) is 3.48. The van der Waals surface area contributed by atoms with E-state index in [0.29, 0.717) is 12.0 Å². The highest BCUT2D eigenvalue weighted by atomic mass is 16.5. The Kier molecular flexibility index (Phi) is 2.49. The Bertz CT molecular complexity index is 324. The number of aromatic nitrogens is 1. The van der Waals surface area contributed by atoms with Gasteiger partial charge in [0.15, 0.2) is 0 Å². The molecule has 15 heavy (non-hydrogen) atoms. The molecule has 0 atom stereocenters. The molecule has 0 saturated heterocycles. The van der Waals surface area contributed by atoms with Crippen LogP contribution in [-0.4, -0.2) is 11.2 Å². The average Bonchev–Trinajstić information content (AvgIpc) is 2.82. The van der Waals surface area contributed by atoms with Crippen LogP contribution in [0.2, 0.25) is 0 Å². The summed E-state index contributed by atoms with van der Waals surface area (Å²) in [6.45, 7) is 0.876. The lowest BCUT2D eigenvalue weighted by atomic mass is 10.2. The van der Waals surface area contributed by atoms with Gasteiger partial charge in [-0.05, 0) is 25.7 Å². The summed E-state index contributed by atoms with van der Waals surface area (Å²) in [5.74, 6) is 1.77. The van der Waals surface area contributed by atoms with Crippen molar-refractivity contribution in [2.75, 3.05) is 0 Å². The Morgan fingerprint density at radius 1 is 1.27 bits per heavy atom. The fourth-order valence-electron chi connectivity index (χ4n) is 2.35. The molecule has 1 N–H and O–H groups in total. The first-order chi connectivity index (χ1) is 7.42. The van der Waals surface area contributed by atoms with Gasteiger partial charge in [0.05, 0.1) is 5.69 Å². The van der Waals surface area contributed by atoms with E-state index in [1.807, 2.05) is 0 Å². The van der Waals surface area contributed by atoms with Crippen LogP contribution in [0.1, 0.15) is 55.9 Å². The van der Waals surface area contributed by atoms with Crippen molar-refractivity contribution in [3.63, 3.8) is 0 Å². The predicted molar refractivity (Wildman–Crippen MR) is 57.6 cm³/mol. The van der Waals surface area contributed by atoms with Crippen LogP contribution in [0.25, 0.3) is 0 Å². The third kappa shape index (κ3) is 2.23. The Hall–Kier alpha value is -0.830. The minimum Gasteiger partial charge on any atom is -0.361 e. The van der Waals surface area contributed by atoms with Gasteiger partial charge < -0.3 is 9.84 Å². The molecule has 3 nitrogen and oxygen atoms in total. The van der Waals surface area contributed by atoms with Crippen molar-refractivity contribution in [2.45, 2.75) is 57.0 Å². The number of hydrogen-bond acceptors (Lipinski definition) is 3. The Morgan fingerprint density at radius 3 is 2.80 bits per heavy atom. The van der Waals surface area contributed by atoms with Crippen LogP contribution in [-0.2, 0) is 6.54 Å². The summed E-state index contributed by atoms with van der Waals surface area (Å²) in [6.07, 6.45) is 7.98. The molecule has 0 aromatic carbocycles. The molecule has 1 aromatic heterocycles. The summed E-state index contributed by atoms with van der Waals surface area (Å²) in [5, 5.41) is 7.65. The Balaban J connectivity index is 1.52. The molecule has 0 amide bonds. The molecule has 3 rings (SSSR count). The number of nitrogens with one attached hydrogen (secondary N) is 1. The van der Waals surface area contributed by atoms with Crippen molar-refractivity contribution < 1.29 is 4.52 Å². The highest BCUT2D eigenvalue weighted by molar-refractivity contribution is 5.14. The smallest absolute Gasteiger partial charge is 0.140 e. The van der Waals surface area contributed by atoms with E-state index < -0.39 is 0 Å². The summed E-state index contributed by atoms with van der Waals surface area (Å²) in [6, 6.07) is 2.84. The molecule has 0 aliphatic heterocycles. The van der Waals surface area contributed by atoms with Gasteiger partial charge in [-0.3, -0.25) is 0 Å². The van der Waals surface area contributed by atoms with Crippen molar-refractivity contribution >= 4 is 0 Å². The van der Waals surface area contributed by atoms with Crippen LogP contribution in [0.3, 0.4) is 0 Å². The molecular weight excluding hydrogens is 188 g/mol. The van der Waals surface area contributed by atoms with Gasteiger partial charge >= 0.3 is 0 Å². The molecule has 0 bridgehead atoms. The van der Waals surface area contributed by atoms with Crippen LogP contribution >= 0.6 is 0 Å². The maximum atomic E-state index is 5.31. The molecule has 3 heteroatoms. The van der Waals surface area contributed by atoms with Crippen molar-refractivity contribution in [1.29, 1.82) is 0 Å². The van der Waals surface area contributed by atoms with Crippen molar-refractivity contribution in [2.24, 2.45) is 0 Å². The van der Waals surface area contributed by atoms with Crippen LogP contribution in [0.15, 0.2) is 10.6 Å². The molecule has 0 spiro atoms. The lowest BCUT2D eigenvalue weighted by Crippen LogP contribution is -2.25. The molecular formula is C12H18N2O. The van der Waals surface area contributed by atoms with Gasteiger partial charge in [-0.1, -0.05) is 18.0 Å². The summed E-state index contributed by atoms with van der Waals surface area (Å²) >= 11 is 0. The number of rotatable bonds is 4. The van der Waals surface area contributed by atoms with Crippen molar-refractivity contribution in [1.82, 2.24) is 10.5 Å². The maximum Gasteiger partial charge on any atom is 0.140 e. The van der Waals surface area contributed by atoms with Crippen molar-refractivity contribution in [3.05, 3.63) is 17.5 Å². The fourth-order valence-corrected chi connectivity index (χ4v) is 2.35. The normalized spacial score (nSPS) is 22.4. The standard InChI is InChI=1S/C12H18N2O/c1-2-4-10(3-1)13-8-11-7-12(15-14-11)9-5-6-9/h7,9-10,13H,1-6,8H2. The molecule has 1 heterocycles. The van der Waals surface area contributed by atoms with Crippen LogP contribution < -0.4 is 5.32 Å². The predicted octanol–water partition coefficient (Wildman–Crippen LogP) is 2.58. The number of nitrogens with zero attached hydrogens (tertiary/aromatic N) is 1. The van der Waals surface area contributed by atoms with Gasteiger partial charge in [-0.15, -0.1) is 0 Å². The molecule has 2 fully saturated rings. The monoisotopic (exact) mass is 206 g/mol. The summed E-state index contributed by atoms with van der Waals surface area (Å²) in [4.78, 5) is 0. The average molecular weight is 206 g/mol. The van der Waals surface area contributed by atoms with Gasteiger partial charge in [-0.2, -0.15) is 0 Å². The molecule has 82 valence electrons. The van der Waals surface area contributed by atoms with E-state index in [1.54, 1.807) is 0 Å². The topological polar surface area (TPSA) is 38.1 Å². The Labute approximate surface area is 90.2 Å². The molecule has 2 aliphatic carbocycles. The fraction of sp³-hybridized carbons (Fsp3) is 0.750. The molecule has 0 radical (unpaired) electrons. The Morgan fingerprint density at radius 2 is 2.07 bits per heavy atom. The first kappa shape index (κ1) is 9.40. The maximum absolute atomic E-state index is 5.31. The molecule has 0 unspecified atom stereocenters. The summed E-state index contributed by atoms with van der Waals surface area (Å²) < 4.78 is 5.31. The van der Waals surface area contributed by atoms with E-state index in [9.17, 15) is 0 Å². The lowest BCUT2D eigenvalue weighted by Gasteiger charge is -2.08. The molecule has 1 aromatic rings. The van der Waals surface area contributed by atoms with E-state index in [0.717, 1.165) is 18.0 Å². The van der Waals surface area contributed by atoms with E-state index in [2.05, 4.69) is 16.5 Å². The van der Waals surface area contributed by atoms with Crippen molar-refractivity contribution in [3.8, 4) is 0 Å². The minimum absolute atomic E-state index is 0.678. The SMILES string of the molecule is c1c(CNC2CCCC2)noc1C1CC1.